The molecule has 0 spiro atoms. The third kappa shape index (κ3) is 3.15. The molecule has 0 amide bonds. The van der Waals surface area contributed by atoms with Gasteiger partial charge in [-0.15, -0.1) is 0 Å². The van der Waals surface area contributed by atoms with E-state index in [9.17, 15) is 8.42 Å². The van der Waals surface area contributed by atoms with Gasteiger partial charge in [-0.3, -0.25) is 0 Å². The lowest BCUT2D eigenvalue weighted by Crippen LogP contribution is -2.40. The number of hydrogen-bond acceptors (Lipinski definition) is 4. The molecule has 5 nitrogen and oxygen atoms in total. The minimum Gasteiger partial charge on any atom is -0.381 e. The summed E-state index contributed by atoms with van der Waals surface area (Å²) >= 11 is 6.04. The summed E-state index contributed by atoms with van der Waals surface area (Å²) in [7, 11) is -1.84. The molecule has 1 aliphatic heterocycles. The monoisotopic (exact) mass is 318 g/mol. The number of sulfonamides is 1. The number of nitrogens with zero attached hydrogens (tertiary/aromatic N) is 1. The minimum atomic E-state index is -3.49. The molecular formula is C13H19ClN2O3S. The van der Waals surface area contributed by atoms with E-state index in [-0.39, 0.29) is 11.0 Å². The van der Waals surface area contributed by atoms with Crippen LogP contribution in [0, 0.1) is 0 Å². The fraction of sp³-hybridized carbons (Fsp3) is 0.538. The Morgan fingerprint density at radius 1 is 1.40 bits per heavy atom. The van der Waals surface area contributed by atoms with E-state index in [1.807, 2.05) is 0 Å². The van der Waals surface area contributed by atoms with E-state index in [4.69, 9.17) is 22.1 Å². The van der Waals surface area contributed by atoms with Crippen molar-refractivity contribution < 1.29 is 13.2 Å². The lowest BCUT2D eigenvalue weighted by atomic mass is 10.1. The topological polar surface area (TPSA) is 72.6 Å². The van der Waals surface area contributed by atoms with Gasteiger partial charge in [-0.05, 0) is 30.5 Å². The molecule has 0 bridgehead atoms. The van der Waals surface area contributed by atoms with Crippen LogP contribution < -0.4 is 5.73 Å². The van der Waals surface area contributed by atoms with Gasteiger partial charge in [0.25, 0.3) is 0 Å². The van der Waals surface area contributed by atoms with E-state index in [0.29, 0.717) is 37.5 Å². The van der Waals surface area contributed by atoms with E-state index < -0.39 is 10.0 Å². The van der Waals surface area contributed by atoms with Crippen LogP contribution in [0.1, 0.15) is 18.4 Å². The molecule has 0 aromatic heterocycles. The number of rotatable bonds is 4. The quantitative estimate of drug-likeness (QED) is 0.915. The summed E-state index contributed by atoms with van der Waals surface area (Å²) in [5.41, 5.74) is 6.26. The first-order chi connectivity index (χ1) is 9.48. The normalized spacial score (nSPS) is 18.4. The summed E-state index contributed by atoms with van der Waals surface area (Å²) in [6, 6.07) is 4.70. The van der Waals surface area contributed by atoms with Crippen LogP contribution in [0.5, 0.6) is 0 Å². The minimum absolute atomic E-state index is 0.143. The molecule has 1 heterocycles. The molecule has 0 radical (unpaired) electrons. The van der Waals surface area contributed by atoms with Crippen LogP contribution in [0.2, 0.25) is 5.02 Å². The van der Waals surface area contributed by atoms with Crippen molar-refractivity contribution in [3.8, 4) is 0 Å². The zero-order chi connectivity index (χ0) is 14.8. The van der Waals surface area contributed by atoms with Crippen LogP contribution in [0.25, 0.3) is 0 Å². The van der Waals surface area contributed by atoms with Crippen LogP contribution in [0.3, 0.4) is 0 Å². The van der Waals surface area contributed by atoms with Gasteiger partial charge in [0.05, 0.1) is 11.0 Å². The average molecular weight is 319 g/mol. The van der Waals surface area contributed by atoms with Crippen molar-refractivity contribution in [2.24, 2.45) is 5.73 Å². The van der Waals surface area contributed by atoms with Crippen molar-refractivity contribution in [2.45, 2.75) is 30.4 Å². The van der Waals surface area contributed by atoms with Gasteiger partial charge in [-0.1, -0.05) is 17.7 Å². The molecule has 0 atom stereocenters. The fourth-order valence-electron chi connectivity index (χ4n) is 2.31. The van der Waals surface area contributed by atoms with E-state index in [1.54, 1.807) is 19.2 Å². The molecule has 7 heteroatoms. The molecule has 2 N–H and O–H groups in total. The maximum absolute atomic E-state index is 12.5. The van der Waals surface area contributed by atoms with Gasteiger partial charge in [0.15, 0.2) is 0 Å². The molecular weight excluding hydrogens is 300 g/mol. The Kier molecular flexibility index (Phi) is 5.04. The van der Waals surface area contributed by atoms with Gasteiger partial charge >= 0.3 is 0 Å². The van der Waals surface area contributed by atoms with Crippen LogP contribution in [-0.4, -0.2) is 39.0 Å². The molecule has 1 aliphatic rings. The number of methoxy groups -OCH3 is 1. The zero-order valence-corrected chi connectivity index (χ0v) is 13.0. The summed E-state index contributed by atoms with van der Waals surface area (Å²) < 4.78 is 31.8. The van der Waals surface area contributed by atoms with Crippen molar-refractivity contribution in [2.75, 3.05) is 20.2 Å². The Hall–Kier alpha value is -0.660. The first kappa shape index (κ1) is 15.7. The highest BCUT2D eigenvalue weighted by molar-refractivity contribution is 7.89. The molecule has 0 unspecified atom stereocenters. The smallest absolute Gasteiger partial charge is 0.243 e. The molecule has 1 aromatic rings. The van der Waals surface area contributed by atoms with Crippen molar-refractivity contribution >= 4 is 21.6 Å². The van der Waals surface area contributed by atoms with Gasteiger partial charge in [-0.2, -0.15) is 4.31 Å². The van der Waals surface area contributed by atoms with Crippen LogP contribution in [0.15, 0.2) is 23.1 Å². The van der Waals surface area contributed by atoms with E-state index in [0.717, 1.165) is 5.56 Å². The van der Waals surface area contributed by atoms with Crippen LogP contribution in [-0.2, 0) is 21.3 Å². The number of hydrogen-bond donors (Lipinski definition) is 1. The number of halogens is 1. The number of ether oxygens (including phenoxy) is 1. The third-order valence-corrected chi connectivity index (χ3v) is 5.86. The van der Waals surface area contributed by atoms with Crippen molar-refractivity contribution in [3.05, 3.63) is 28.8 Å². The second kappa shape index (κ2) is 6.41. The lowest BCUT2D eigenvalue weighted by molar-refractivity contribution is 0.0604. The van der Waals surface area contributed by atoms with Gasteiger partial charge in [0.1, 0.15) is 0 Å². The van der Waals surface area contributed by atoms with Crippen molar-refractivity contribution in [1.82, 2.24) is 4.31 Å². The highest BCUT2D eigenvalue weighted by atomic mass is 35.5. The summed E-state index contributed by atoms with van der Waals surface area (Å²) in [6.45, 7) is 1.23. The largest absolute Gasteiger partial charge is 0.381 e. The highest BCUT2D eigenvalue weighted by Gasteiger charge is 2.29. The second-order valence-electron chi connectivity index (χ2n) is 4.80. The molecule has 2 rings (SSSR count). The maximum Gasteiger partial charge on any atom is 0.243 e. The van der Waals surface area contributed by atoms with Crippen molar-refractivity contribution in [3.63, 3.8) is 0 Å². The zero-order valence-electron chi connectivity index (χ0n) is 11.4. The van der Waals surface area contributed by atoms with Gasteiger partial charge < -0.3 is 10.5 Å². The standard InChI is InChI=1S/C13H19ClN2O3S/c1-19-11-4-6-16(7-5-11)20(17,18)12-3-2-10(9-15)13(14)8-12/h2-3,8,11H,4-7,9,15H2,1H3. The highest BCUT2D eigenvalue weighted by Crippen LogP contribution is 2.25. The van der Waals surface area contributed by atoms with Crippen LogP contribution in [0.4, 0.5) is 0 Å². The third-order valence-electron chi connectivity index (χ3n) is 3.62. The number of nitrogens with two attached hydrogens (primary N) is 1. The summed E-state index contributed by atoms with van der Waals surface area (Å²) in [5.74, 6) is 0. The molecule has 1 aromatic carbocycles. The Bertz CT molecular complexity index is 569. The van der Waals surface area contributed by atoms with Gasteiger partial charge in [0, 0.05) is 31.8 Å². The van der Waals surface area contributed by atoms with Gasteiger partial charge in [-0.25, -0.2) is 8.42 Å². The van der Waals surface area contributed by atoms with E-state index in [1.165, 1.54) is 10.4 Å². The summed E-state index contributed by atoms with van der Waals surface area (Å²) in [6.07, 6.45) is 1.57. The molecule has 0 aliphatic carbocycles. The van der Waals surface area contributed by atoms with Crippen LogP contribution >= 0.6 is 11.6 Å². The Morgan fingerprint density at radius 3 is 2.55 bits per heavy atom. The van der Waals surface area contributed by atoms with Gasteiger partial charge in [0.2, 0.25) is 10.0 Å². The summed E-state index contributed by atoms with van der Waals surface area (Å²) in [4.78, 5) is 0.218. The Labute approximate surface area is 124 Å². The first-order valence-corrected chi connectivity index (χ1v) is 8.32. The van der Waals surface area contributed by atoms with E-state index in [2.05, 4.69) is 0 Å². The molecule has 20 heavy (non-hydrogen) atoms. The SMILES string of the molecule is COC1CCN(S(=O)(=O)c2ccc(CN)c(Cl)c2)CC1. The Balaban J connectivity index is 2.20. The molecule has 112 valence electrons. The van der Waals surface area contributed by atoms with Crippen molar-refractivity contribution in [1.29, 1.82) is 0 Å². The lowest BCUT2D eigenvalue weighted by Gasteiger charge is -2.30. The van der Waals surface area contributed by atoms with E-state index >= 15 is 0 Å². The predicted octanol–water partition coefficient (Wildman–Crippen LogP) is 1.60. The molecule has 1 saturated heterocycles. The number of benzene rings is 1. The fourth-order valence-corrected chi connectivity index (χ4v) is 4.13. The second-order valence-corrected chi connectivity index (χ2v) is 7.14. The predicted molar refractivity (Wildman–Crippen MR) is 78.1 cm³/mol. The average Bonchev–Trinajstić information content (AvgIpc) is 2.47. The summed E-state index contributed by atoms with van der Waals surface area (Å²) in [5, 5.41) is 0.389. The first-order valence-electron chi connectivity index (χ1n) is 6.50. The Morgan fingerprint density at radius 2 is 2.05 bits per heavy atom. The maximum atomic E-state index is 12.5. The molecule has 0 saturated carbocycles. The molecule has 1 fully saturated rings. The number of piperidine rings is 1.